The molecule has 8 heteroatoms. The van der Waals surface area contributed by atoms with Crippen LogP contribution in [0.3, 0.4) is 0 Å². The van der Waals surface area contributed by atoms with Crippen molar-refractivity contribution in [3.63, 3.8) is 0 Å². The van der Waals surface area contributed by atoms with Gasteiger partial charge in [0.05, 0.1) is 68.8 Å². The maximum Gasteiger partial charge on any atom is 0.418 e. The summed E-state index contributed by atoms with van der Waals surface area (Å²) in [6.45, 7) is 7.56. The summed E-state index contributed by atoms with van der Waals surface area (Å²) in [5.74, 6) is 0. The third-order valence-electron chi connectivity index (χ3n) is 8.79. The summed E-state index contributed by atoms with van der Waals surface area (Å²) < 4.78 is 49.7. The van der Waals surface area contributed by atoms with E-state index in [4.69, 9.17) is 6.57 Å². The van der Waals surface area contributed by atoms with Gasteiger partial charge in [-0.1, -0.05) is 54.6 Å². The zero-order valence-corrected chi connectivity index (χ0v) is 24.9. The monoisotopic (exact) mass is 627 g/mol. The van der Waals surface area contributed by atoms with E-state index < -0.39 is 11.7 Å². The molecule has 2 aromatic heterocycles. The second kappa shape index (κ2) is 10.6. The summed E-state index contributed by atoms with van der Waals surface area (Å²) in [6, 6.07) is 38.6. The Kier molecular flexibility index (Phi) is 6.34. The van der Waals surface area contributed by atoms with Crippen LogP contribution < -0.4 is 0 Å². The molecule has 0 saturated carbocycles. The van der Waals surface area contributed by atoms with Crippen LogP contribution in [0.5, 0.6) is 0 Å². The molecular weight excluding hydrogens is 607 g/mol. The molecule has 0 aliphatic rings. The fourth-order valence-electron chi connectivity index (χ4n) is 6.75. The second-order valence-electron chi connectivity index (χ2n) is 11.4. The minimum atomic E-state index is -4.77. The first-order chi connectivity index (χ1) is 23.3. The van der Waals surface area contributed by atoms with Crippen LogP contribution in [0.2, 0.25) is 0 Å². The predicted molar refractivity (Wildman–Crippen MR) is 181 cm³/mol. The maximum absolute atomic E-state index is 15.4. The van der Waals surface area contributed by atoms with Crippen molar-refractivity contribution < 1.29 is 13.2 Å². The number of aromatic nitrogens is 2. The first kappa shape index (κ1) is 28.6. The van der Waals surface area contributed by atoms with E-state index in [1.54, 1.807) is 88.0 Å². The average Bonchev–Trinajstić information content (AvgIpc) is 3.62. The van der Waals surface area contributed by atoms with Gasteiger partial charge in [-0.25, -0.2) is 4.85 Å². The molecule has 0 fully saturated rings. The van der Waals surface area contributed by atoms with E-state index in [1.165, 1.54) is 6.07 Å². The average molecular weight is 628 g/mol. The van der Waals surface area contributed by atoms with Crippen molar-refractivity contribution in [1.29, 1.82) is 10.5 Å². The zero-order chi connectivity index (χ0) is 33.2. The minimum absolute atomic E-state index is 0.0874. The van der Waals surface area contributed by atoms with E-state index in [0.717, 1.165) is 10.8 Å². The van der Waals surface area contributed by atoms with Gasteiger partial charge in [-0.2, -0.15) is 23.7 Å². The number of rotatable bonds is 3. The molecule has 48 heavy (non-hydrogen) atoms. The molecule has 0 spiro atoms. The first-order valence-electron chi connectivity index (χ1n) is 14.9. The number of hydrogen-bond acceptors (Lipinski definition) is 2. The van der Waals surface area contributed by atoms with Crippen LogP contribution in [0, 0.1) is 29.2 Å². The first-order valence-corrected chi connectivity index (χ1v) is 14.9. The van der Waals surface area contributed by atoms with Crippen LogP contribution in [0.4, 0.5) is 18.9 Å². The van der Waals surface area contributed by atoms with Gasteiger partial charge < -0.3 is 9.13 Å². The standard InChI is InChI=1S/C40H20F3N5/c1-46-27-14-16-37-32(19-27)29-10-3-4-11-34(29)47(37)38-21-33(40(41,42)43)39(20-30(38)26-8-6-7-24(17-26)22-44)48-35-12-5-2-9-28(35)31-18-25(23-45)13-15-36(31)48/h2-21H. The van der Waals surface area contributed by atoms with Crippen molar-refractivity contribution in [2.24, 2.45) is 0 Å². The Morgan fingerprint density at radius 1 is 0.562 bits per heavy atom. The van der Waals surface area contributed by atoms with Crippen molar-refractivity contribution in [2.75, 3.05) is 0 Å². The van der Waals surface area contributed by atoms with E-state index >= 15 is 13.2 Å². The summed E-state index contributed by atoms with van der Waals surface area (Å²) in [4.78, 5) is 3.58. The summed E-state index contributed by atoms with van der Waals surface area (Å²) in [5.41, 5.74) is 3.96. The lowest BCUT2D eigenvalue weighted by molar-refractivity contribution is -0.137. The zero-order valence-electron chi connectivity index (χ0n) is 24.9. The van der Waals surface area contributed by atoms with Crippen LogP contribution in [0.25, 0.3) is 71.0 Å². The number of alkyl halides is 3. The van der Waals surface area contributed by atoms with Crippen molar-refractivity contribution >= 4 is 49.3 Å². The predicted octanol–water partition coefficient (Wildman–Crippen LogP) is 10.9. The highest BCUT2D eigenvalue weighted by molar-refractivity contribution is 6.12. The number of fused-ring (bicyclic) bond motifs is 6. The Morgan fingerprint density at radius 3 is 1.79 bits per heavy atom. The number of halogens is 3. The smallest absolute Gasteiger partial charge is 0.309 e. The molecule has 0 radical (unpaired) electrons. The largest absolute Gasteiger partial charge is 0.418 e. The van der Waals surface area contributed by atoms with Gasteiger partial charge in [-0.05, 0) is 77.7 Å². The maximum atomic E-state index is 15.4. The van der Waals surface area contributed by atoms with Gasteiger partial charge in [0.2, 0.25) is 0 Å². The normalized spacial score (nSPS) is 11.6. The molecule has 0 bridgehead atoms. The molecule has 5 nitrogen and oxygen atoms in total. The third kappa shape index (κ3) is 4.31. The van der Waals surface area contributed by atoms with Gasteiger partial charge in [0.15, 0.2) is 5.69 Å². The Morgan fingerprint density at radius 2 is 1.15 bits per heavy atom. The van der Waals surface area contributed by atoms with Crippen molar-refractivity contribution in [1.82, 2.24) is 9.13 Å². The molecule has 0 atom stereocenters. The van der Waals surface area contributed by atoms with E-state index in [0.29, 0.717) is 60.8 Å². The van der Waals surface area contributed by atoms with Crippen LogP contribution in [-0.4, -0.2) is 9.13 Å². The summed E-state index contributed by atoms with van der Waals surface area (Å²) >= 11 is 0. The van der Waals surface area contributed by atoms with Crippen LogP contribution in [-0.2, 0) is 6.18 Å². The molecular formula is C40H20F3N5. The molecule has 0 amide bonds. The Bertz CT molecular complexity index is 2760. The van der Waals surface area contributed by atoms with Gasteiger partial charge in [0.1, 0.15) is 0 Å². The van der Waals surface area contributed by atoms with Crippen molar-refractivity contribution in [3.05, 3.63) is 149 Å². The highest BCUT2D eigenvalue weighted by atomic mass is 19.4. The number of hydrogen-bond donors (Lipinski definition) is 0. The third-order valence-corrected chi connectivity index (χ3v) is 8.79. The number of benzene rings is 6. The van der Waals surface area contributed by atoms with Gasteiger partial charge in [-0.3, -0.25) is 0 Å². The summed E-state index contributed by atoms with van der Waals surface area (Å²) in [5, 5.41) is 22.3. The van der Waals surface area contributed by atoms with E-state index in [9.17, 15) is 10.5 Å². The van der Waals surface area contributed by atoms with Crippen LogP contribution >= 0.6 is 0 Å². The summed E-state index contributed by atoms with van der Waals surface area (Å²) in [6.07, 6.45) is -4.77. The minimum Gasteiger partial charge on any atom is -0.309 e. The second-order valence-corrected chi connectivity index (χ2v) is 11.4. The lowest BCUT2D eigenvalue weighted by Gasteiger charge is -2.22. The van der Waals surface area contributed by atoms with Gasteiger partial charge in [0, 0.05) is 21.7 Å². The van der Waals surface area contributed by atoms with Crippen molar-refractivity contribution in [2.45, 2.75) is 6.18 Å². The SMILES string of the molecule is [C-]#[N+]c1ccc2c(c1)c1ccccc1n2-c1cc(C(F)(F)F)c(-n2c3ccccc3c3cc(C#N)ccc32)cc1-c1cccc(C#N)c1. The van der Waals surface area contributed by atoms with Crippen LogP contribution in [0.15, 0.2) is 121 Å². The number of nitriles is 2. The molecule has 0 aliphatic carbocycles. The van der Waals surface area contributed by atoms with Crippen molar-refractivity contribution in [3.8, 4) is 34.6 Å². The quantitative estimate of drug-likeness (QED) is 0.183. The van der Waals surface area contributed by atoms with E-state index in [-0.39, 0.29) is 11.4 Å². The Hall–Kier alpha value is -6.82. The lowest BCUT2D eigenvalue weighted by Crippen LogP contribution is -2.13. The number of para-hydroxylation sites is 2. The Labute approximate surface area is 272 Å². The molecule has 0 saturated heterocycles. The molecule has 8 rings (SSSR count). The van der Waals surface area contributed by atoms with Crippen LogP contribution in [0.1, 0.15) is 16.7 Å². The fourth-order valence-corrected chi connectivity index (χ4v) is 6.75. The van der Waals surface area contributed by atoms with Gasteiger partial charge in [0.25, 0.3) is 0 Å². The molecule has 6 aromatic carbocycles. The summed E-state index contributed by atoms with van der Waals surface area (Å²) in [7, 11) is 0. The highest BCUT2D eigenvalue weighted by Crippen LogP contribution is 2.45. The van der Waals surface area contributed by atoms with Gasteiger partial charge in [-0.15, -0.1) is 0 Å². The Balaban J connectivity index is 1.56. The fraction of sp³-hybridized carbons (Fsp3) is 0.0250. The highest BCUT2D eigenvalue weighted by Gasteiger charge is 2.36. The molecule has 8 aromatic rings. The molecule has 0 N–H and O–H groups in total. The lowest BCUT2D eigenvalue weighted by atomic mass is 9.97. The molecule has 0 aliphatic heterocycles. The van der Waals surface area contributed by atoms with Gasteiger partial charge >= 0.3 is 6.18 Å². The van der Waals surface area contributed by atoms with E-state index in [1.807, 2.05) is 36.4 Å². The molecule has 2 heterocycles. The molecule has 0 unspecified atom stereocenters. The van der Waals surface area contributed by atoms with E-state index in [2.05, 4.69) is 17.0 Å². The number of nitrogens with zero attached hydrogens (tertiary/aromatic N) is 5. The topological polar surface area (TPSA) is 61.8 Å². The molecule has 226 valence electrons.